The van der Waals surface area contributed by atoms with Gasteiger partial charge in [-0.15, -0.1) is 0 Å². The minimum Gasteiger partial charge on any atom is -0.327 e. The lowest BCUT2D eigenvalue weighted by atomic mass is 9.89. The summed E-state index contributed by atoms with van der Waals surface area (Å²) in [5.74, 6) is -3.18. The highest BCUT2D eigenvalue weighted by Gasteiger charge is 2.31. The first kappa shape index (κ1) is 22.6. The molecule has 1 aliphatic heterocycles. The van der Waals surface area contributed by atoms with Crippen LogP contribution in [0.3, 0.4) is 0 Å². The van der Waals surface area contributed by atoms with Crippen molar-refractivity contribution in [1.29, 1.82) is 0 Å². The molecule has 0 amide bonds. The van der Waals surface area contributed by atoms with E-state index in [-0.39, 0.29) is 17.9 Å². The second-order valence-electron chi connectivity index (χ2n) is 7.87. The van der Waals surface area contributed by atoms with Crippen LogP contribution in [0, 0.1) is 17.5 Å². The molecular formula is C22H24F6N2. The van der Waals surface area contributed by atoms with E-state index in [2.05, 4.69) is 4.90 Å². The number of hydrogen-bond donors (Lipinski definition) is 1. The van der Waals surface area contributed by atoms with Crippen LogP contribution in [0.15, 0.2) is 36.4 Å². The Bertz CT molecular complexity index is 867. The molecule has 2 aromatic carbocycles. The molecule has 2 aromatic rings. The number of likely N-dealkylation sites (tertiary alicyclic amines) is 1. The van der Waals surface area contributed by atoms with E-state index in [9.17, 15) is 26.3 Å². The number of halogens is 6. The summed E-state index contributed by atoms with van der Waals surface area (Å²) in [7, 11) is 0. The Morgan fingerprint density at radius 1 is 1.03 bits per heavy atom. The predicted molar refractivity (Wildman–Crippen MR) is 102 cm³/mol. The van der Waals surface area contributed by atoms with Gasteiger partial charge < -0.3 is 10.6 Å². The van der Waals surface area contributed by atoms with E-state index in [0.29, 0.717) is 31.1 Å². The standard InChI is InChI=1S/C22H24F6N2/c23-19-12-21(25)20(24)11-16(19)10-18(29)6-8-30-7-2-4-15(13-30)14-3-1-5-17(9-14)22(26,27)28/h1,3,5,9,11-12,15,18H,2,4,6-8,10,13,29H2/t15?,18-/m0/s1. The number of alkyl halides is 3. The zero-order valence-corrected chi connectivity index (χ0v) is 16.4. The van der Waals surface area contributed by atoms with Crippen LogP contribution in [0.25, 0.3) is 0 Å². The van der Waals surface area contributed by atoms with Crippen LogP contribution >= 0.6 is 0 Å². The molecule has 164 valence electrons. The highest BCUT2D eigenvalue weighted by atomic mass is 19.4. The summed E-state index contributed by atoms with van der Waals surface area (Å²) in [6, 6.07) is 6.34. The molecule has 0 bridgehead atoms. The molecule has 1 unspecified atom stereocenters. The summed E-state index contributed by atoms with van der Waals surface area (Å²) in [6.07, 6.45) is -2.12. The Labute approximate surface area is 171 Å². The number of rotatable bonds is 6. The van der Waals surface area contributed by atoms with Crippen molar-refractivity contribution in [3.8, 4) is 0 Å². The largest absolute Gasteiger partial charge is 0.416 e. The molecule has 1 saturated heterocycles. The first-order valence-electron chi connectivity index (χ1n) is 9.92. The van der Waals surface area contributed by atoms with Crippen molar-refractivity contribution >= 4 is 0 Å². The summed E-state index contributed by atoms with van der Waals surface area (Å²) in [6.45, 7) is 2.03. The summed E-state index contributed by atoms with van der Waals surface area (Å²) in [5, 5.41) is 0. The van der Waals surface area contributed by atoms with Crippen LogP contribution in [-0.2, 0) is 12.6 Å². The van der Waals surface area contributed by atoms with Gasteiger partial charge in [0.15, 0.2) is 11.6 Å². The number of piperidine rings is 1. The molecule has 30 heavy (non-hydrogen) atoms. The normalized spacial score (nSPS) is 19.1. The number of nitrogens with two attached hydrogens (primary N) is 1. The smallest absolute Gasteiger partial charge is 0.327 e. The van der Waals surface area contributed by atoms with E-state index in [1.165, 1.54) is 12.1 Å². The van der Waals surface area contributed by atoms with Gasteiger partial charge in [-0.3, -0.25) is 0 Å². The lowest BCUT2D eigenvalue weighted by molar-refractivity contribution is -0.137. The number of hydrogen-bond acceptors (Lipinski definition) is 2. The van der Waals surface area contributed by atoms with Gasteiger partial charge in [0.05, 0.1) is 5.56 Å². The lowest BCUT2D eigenvalue weighted by Gasteiger charge is -2.33. The zero-order chi connectivity index (χ0) is 21.9. The third kappa shape index (κ3) is 5.76. The maximum Gasteiger partial charge on any atom is 0.416 e. The van der Waals surface area contributed by atoms with E-state index in [1.807, 2.05) is 0 Å². The molecule has 2 nitrogen and oxygen atoms in total. The summed E-state index contributed by atoms with van der Waals surface area (Å²) < 4.78 is 79.1. The van der Waals surface area contributed by atoms with Crippen LogP contribution < -0.4 is 5.73 Å². The minimum atomic E-state index is -4.37. The predicted octanol–water partition coefficient (Wildman–Crippen LogP) is 5.26. The van der Waals surface area contributed by atoms with Crippen molar-refractivity contribution < 1.29 is 26.3 Å². The Balaban J connectivity index is 1.56. The molecule has 0 spiro atoms. The van der Waals surface area contributed by atoms with Gasteiger partial charge in [-0.25, -0.2) is 13.2 Å². The van der Waals surface area contributed by atoms with Gasteiger partial charge in [0.25, 0.3) is 0 Å². The molecule has 1 heterocycles. The average Bonchev–Trinajstić information content (AvgIpc) is 2.70. The van der Waals surface area contributed by atoms with Crippen molar-refractivity contribution in [2.24, 2.45) is 5.73 Å². The van der Waals surface area contributed by atoms with Gasteiger partial charge in [0.2, 0.25) is 0 Å². The third-order valence-corrected chi connectivity index (χ3v) is 5.58. The maximum absolute atomic E-state index is 13.8. The van der Waals surface area contributed by atoms with E-state index in [1.54, 1.807) is 6.07 Å². The summed E-state index contributed by atoms with van der Waals surface area (Å²) in [4.78, 5) is 2.13. The van der Waals surface area contributed by atoms with E-state index in [0.717, 1.165) is 31.5 Å². The highest BCUT2D eigenvalue weighted by Crippen LogP contribution is 2.33. The molecule has 0 aliphatic carbocycles. The second-order valence-corrected chi connectivity index (χ2v) is 7.87. The SMILES string of the molecule is N[C@@H](CCN1CCCC(c2cccc(C(F)(F)F)c2)C1)Cc1cc(F)c(F)cc1F. The number of nitrogens with zero attached hydrogens (tertiary/aromatic N) is 1. The van der Waals surface area contributed by atoms with Gasteiger partial charge in [0.1, 0.15) is 5.82 Å². The van der Waals surface area contributed by atoms with Gasteiger partial charge in [0, 0.05) is 18.7 Å². The lowest BCUT2D eigenvalue weighted by Crippen LogP contribution is -2.38. The molecule has 2 atom stereocenters. The fraction of sp³-hybridized carbons (Fsp3) is 0.455. The number of benzene rings is 2. The van der Waals surface area contributed by atoms with Crippen LogP contribution in [0.4, 0.5) is 26.3 Å². The van der Waals surface area contributed by atoms with Crippen LogP contribution in [0.2, 0.25) is 0 Å². The van der Waals surface area contributed by atoms with Gasteiger partial charge in [-0.1, -0.05) is 18.2 Å². The molecule has 2 N–H and O–H groups in total. The van der Waals surface area contributed by atoms with E-state index in [4.69, 9.17) is 5.73 Å². The molecule has 0 saturated carbocycles. The zero-order valence-electron chi connectivity index (χ0n) is 16.4. The first-order chi connectivity index (χ1) is 14.1. The minimum absolute atomic E-state index is 0.000846. The monoisotopic (exact) mass is 430 g/mol. The Morgan fingerprint density at radius 3 is 2.50 bits per heavy atom. The van der Waals surface area contributed by atoms with Gasteiger partial charge in [-0.05, 0) is 68.0 Å². The first-order valence-corrected chi connectivity index (χ1v) is 9.92. The van der Waals surface area contributed by atoms with E-state index >= 15 is 0 Å². The summed E-state index contributed by atoms with van der Waals surface area (Å²) in [5.41, 5.74) is 6.11. The quantitative estimate of drug-likeness (QED) is 0.500. The fourth-order valence-electron chi connectivity index (χ4n) is 3.95. The fourth-order valence-corrected chi connectivity index (χ4v) is 3.95. The molecule has 0 radical (unpaired) electrons. The van der Waals surface area contributed by atoms with Gasteiger partial charge in [-0.2, -0.15) is 13.2 Å². The van der Waals surface area contributed by atoms with E-state index < -0.39 is 35.2 Å². The Morgan fingerprint density at radius 2 is 1.77 bits per heavy atom. The maximum atomic E-state index is 13.8. The molecule has 0 aromatic heterocycles. The summed E-state index contributed by atoms with van der Waals surface area (Å²) >= 11 is 0. The second kappa shape index (κ2) is 9.39. The van der Waals surface area contributed by atoms with Crippen LogP contribution in [-0.4, -0.2) is 30.6 Å². The molecule has 8 heteroatoms. The molecule has 3 rings (SSSR count). The Hall–Kier alpha value is -2.06. The molecule has 1 aliphatic rings. The van der Waals surface area contributed by atoms with Crippen molar-refractivity contribution in [3.05, 3.63) is 70.5 Å². The van der Waals surface area contributed by atoms with Crippen molar-refractivity contribution in [1.82, 2.24) is 4.90 Å². The van der Waals surface area contributed by atoms with Crippen molar-refractivity contribution in [2.75, 3.05) is 19.6 Å². The van der Waals surface area contributed by atoms with Crippen molar-refractivity contribution in [3.63, 3.8) is 0 Å². The molecule has 1 fully saturated rings. The highest BCUT2D eigenvalue weighted by molar-refractivity contribution is 5.29. The third-order valence-electron chi connectivity index (χ3n) is 5.58. The van der Waals surface area contributed by atoms with Crippen molar-refractivity contribution in [2.45, 2.75) is 43.8 Å². The average molecular weight is 430 g/mol. The van der Waals surface area contributed by atoms with Crippen LogP contribution in [0.5, 0.6) is 0 Å². The van der Waals surface area contributed by atoms with Crippen LogP contribution in [0.1, 0.15) is 41.9 Å². The van der Waals surface area contributed by atoms with Gasteiger partial charge >= 0.3 is 6.18 Å². The topological polar surface area (TPSA) is 29.3 Å². The molecular weight excluding hydrogens is 406 g/mol. The Kier molecular flexibility index (Phi) is 7.08.